The SMILES string of the molecule is Cc1cccc2c1OCC(NCc1cccc(C(=O)O)c1)C2. The molecule has 22 heavy (non-hydrogen) atoms. The second-order valence-corrected chi connectivity index (χ2v) is 5.66. The number of para-hydroxylation sites is 1. The minimum atomic E-state index is -0.896. The van der Waals surface area contributed by atoms with Gasteiger partial charge in [0, 0.05) is 12.6 Å². The fraction of sp³-hybridized carbons (Fsp3) is 0.278. The van der Waals surface area contributed by atoms with Crippen molar-refractivity contribution in [3.63, 3.8) is 0 Å². The molecule has 4 nitrogen and oxygen atoms in total. The molecule has 0 spiro atoms. The summed E-state index contributed by atoms with van der Waals surface area (Å²) in [6, 6.07) is 13.5. The highest BCUT2D eigenvalue weighted by atomic mass is 16.5. The quantitative estimate of drug-likeness (QED) is 0.911. The number of hydrogen-bond acceptors (Lipinski definition) is 3. The first-order chi connectivity index (χ1) is 10.6. The predicted molar refractivity (Wildman–Crippen MR) is 84.4 cm³/mol. The molecule has 1 aliphatic heterocycles. The van der Waals surface area contributed by atoms with E-state index in [9.17, 15) is 4.79 Å². The van der Waals surface area contributed by atoms with E-state index in [0.29, 0.717) is 18.7 Å². The average molecular weight is 297 g/mol. The number of carboxylic acid groups (broad SMARTS) is 1. The molecule has 4 heteroatoms. The Balaban J connectivity index is 1.64. The van der Waals surface area contributed by atoms with Gasteiger partial charge in [-0.1, -0.05) is 30.3 Å². The molecule has 114 valence electrons. The summed E-state index contributed by atoms with van der Waals surface area (Å²) < 4.78 is 5.86. The average Bonchev–Trinajstić information content (AvgIpc) is 2.53. The van der Waals surface area contributed by atoms with Crippen molar-refractivity contribution in [1.82, 2.24) is 5.32 Å². The van der Waals surface area contributed by atoms with Gasteiger partial charge in [-0.2, -0.15) is 0 Å². The zero-order valence-electron chi connectivity index (χ0n) is 12.5. The van der Waals surface area contributed by atoms with Crippen molar-refractivity contribution in [3.8, 4) is 5.75 Å². The molecular weight excluding hydrogens is 278 g/mol. The molecule has 1 unspecified atom stereocenters. The van der Waals surface area contributed by atoms with Crippen LogP contribution < -0.4 is 10.1 Å². The Kier molecular flexibility index (Phi) is 4.11. The Morgan fingerprint density at radius 1 is 1.32 bits per heavy atom. The van der Waals surface area contributed by atoms with E-state index in [0.717, 1.165) is 17.7 Å². The van der Waals surface area contributed by atoms with Gasteiger partial charge in [-0.3, -0.25) is 0 Å². The van der Waals surface area contributed by atoms with E-state index >= 15 is 0 Å². The maximum absolute atomic E-state index is 11.0. The van der Waals surface area contributed by atoms with Gasteiger partial charge in [0.25, 0.3) is 0 Å². The van der Waals surface area contributed by atoms with Gasteiger partial charge in [-0.25, -0.2) is 4.79 Å². The number of fused-ring (bicyclic) bond motifs is 1. The van der Waals surface area contributed by atoms with Gasteiger partial charge in [0.2, 0.25) is 0 Å². The van der Waals surface area contributed by atoms with Crippen molar-refractivity contribution in [3.05, 3.63) is 64.7 Å². The van der Waals surface area contributed by atoms with Crippen LogP contribution in [0.15, 0.2) is 42.5 Å². The lowest BCUT2D eigenvalue weighted by atomic mass is 10.00. The number of ether oxygens (including phenoxy) is 1. The van der Waals surface area contributed by atoms with Crippen LogP contribution in [-0.2, 0) is 13.0 Å². The summed E-state index contributed by atoms with van der Waals surface area (Å²) in [4.78, 5) is 11.0. The first kappa shape index (κ1) is 14.6. The number of rotatable bonds is 4. The monoisotopic (exact) mass is 297 g/mol. The molecule has 2 N–H and O–H groups in total. The summed E-state index contributed by atoms with van der Waals surface area (Å²) in [6.45, 7) is 3.33. The lowest BCUT2D eigenvalue weighted by Gasteiger charge is -2.27. The number of benzene rings is 2. The zero-order chi connectivity index (χ0) is 15.5. The minimum absolute atomic E-state index is 0.239. The van der Waals surface area contributed by atoms with E-state index in [1.165, 1.54) is 11.1 Å². The van der Waals surface area contributed by atoms with Crippen LogP contribution in [0.1, 0.15) is 27.0 Å². The van der Waals surface area contributed by atoms with Crippen molar-refractivity contribution >= 4 is 5.97 Å². The van der Waals surface area contributed by atoms with Crippen molar-refractivity contribution in [2.45, 2.75) is 25.9 Å². The minimum Gasteiger partial charge on any atom is -0.491 e. The highest BCUT2D eigenvalue weighted by molar-refractivity contribution is 5.87. The molecule has 0 saturated carbocycles. The molecule has 0 fully saturated rings. The van der Waals surface area contributed by atoms with E-state index in [1.54, 1.807) is 18.2 Å². The maximum Gasteiger partial charge on any atom is 0.335 e. The number of nitrogens with one attached hydrogen (secondary N) is 1. The third kappa shape index (κ3) is 3.12. The van der Waals surface area contributed by atoms with Crippen LogP contribution >= 0.6 is 0 Å². The number of aromatic carboxylic acids is 1. The summed E-state index contributed by atoms with van der Waals surface area (Å²) in [5, 5.41) is 12.5. The van der Waals surface area contributed by atoms with Crippen LogP contribution in [0.5, 0.6) is 5.75 Å². The van der Waals surface area contributed by atoms with Crippen LogP contribution in [0.25, 0.3) is 0 Å². The fourth-order valence-corrected chi connectivity index (χ4v) is 2.80. The van der Waals surface area contributed by atoms with Crippen LogP contribution in [0.4, 0.5) is 0 Å². The maximum atomic E-state index is 11.0. The molecule has 0 radical (unpaired) electrons. The smallest absolute Gasteiger partial charge is 0.335 e. The van der Waals surface area contributed by atoms with Gasteiger partial charge in [0.15, 0.2) is 0 Å². The second kappa shape index (κ2) is 6.20. The number of carboxylic acids is 1. The molecular formula is C18H19NO3. The highest BCUT2D eigenvalue weighted by Gasteiger charge is 2.20. The van der Waals surface area contributed by atoms with E-state index < -0.39 is 5.97 Å². The van der Waals surface area contributed by atoms with E-state index in [-0.39, 0.29) is 6.04 Å². The van der Waals surface area contributed by atoms with Crippen molar-refractivity contribution in [1.29, 1.82) is 0 Å². The van der Waals surface area contributed by atoms with Gasteiger partial charge >= 0.3 is 5.97 Å². The standard InChI is InChI=1S/C18H19NO3/c1-12-4-2-6-14-9-16(11-22-17(12)14)19-10-13-5-3-7-15(8-13)18(20)21/h2-8,16,19H,9-11H2,1H3,(H,20,21). The fourth-order valence-electron chi connectivity index (χ4n) is 2.80. The predicted octanol–water partition coefficient (Wildman–Crippen LogP) is 2.79. The molecule has 1 atom stereocenters. The molecule has 0 aromatic heterocycles. The second-order valence-electron chi connectivity index (χ2n) is 5.66. The Labute approximate surface area is 129 Å². The van der Waals surface area contributed by atoms with Gasteiger partial charge in [0.05, 0.1) is 5.56 Å². The first-order valence-electron chi connectivity index (χ1n) is 7.40. The van der Waals surface area contributed by atoms with Crippen molar-refractivity contribution in [2.24, 2.45) is 0 Å². The molecule has 2 aromatic carbocycles. The molecule has 3 rings (SSSR count). The van der Waals surface area contributed by atoms with E-state index in [1.807, 2.05) is 6.07 Å². The number of aryl methyl sites for hydroxylation is 1. The molecule has 1 aliphatic rings. The molecule has 0 saturated heterocycles. The molecule has 0 bridgehead atoms. The Bertz CT molecular complexity index is 696. The van der Waals surface area contributed by atoms with E-state index in [2.05, 4.69) is 30.4 Å². The lowest BCUT2D eigenvalue weighted by Crippen LogP contribution is -2.39. The summed E-state index contributed by atoms with van der Waals surface area (Å²) in [6.07, 6.45) is 0.926. The zero-order valence-corrected chi connectivity index (χ0v) is 12.5. The molecule has 0 amide bonds. The summed E-state index contributed by atoms with van der Waals surface area (Å²) in [5.41, 5.74) is 3.68. The topological polar surface area (TPSA) is 58.6 Å². The molecule has 0 aliphatic carbocycles. The summed E-state index contributed by atoms with van der Waals surface area (Å²) in [7, 11) is 0. The van der Waals surface area contributed by atoms with E-state index in [4.69, 9.17) is 9.84 Å². The Hall–Kier alpha value is -2.33. The highest BCUT2D eigenvalue weighted by Crippen LogP contribution is 2.28. The van der Waals surface area contributed by atoms with Crippen LogP contribution in [0, 0.1) is 6.92 Å². The van der Waals surface area contributed by atoms with Crippen molar-refractivity contribution < 1.29 is 14.6 Å². The van der Waals surface area contributed by atoms with Crippen LogP contribution in [0.3, 0.4) is 0 Å². The lowest BCUT2D eigenvalue weighted by molar-refractivity contribution is 0.0696. The summed E-state index contributed by atoms with van der Waals surface area (Å²) in [5.74, 6) is 0.112. The molecule has 1 heterocycles. The third-order valence-corrected chi connectivity index (χ3v) is 3.96. The Morgan fingerprint density at radius 3 is 2.95 bits per heavy atom. The normalized spacial score (nSPS) is 16.7. The van der Waals surface area contributed by atoms with Crippen LogP contribution in [0.2, 0.25) is 0 Å². The number of hydrogen-bond donors (Lipinski definition) is 2. The largest absolute Gasteiger partial charge is 0.491 e. The van der Waals surface area contributed by atoms with Gasteiger partial charge in [-0.05, 0) is 42.2 Å². The van der Waals surface area contributed by atoms with Gasteiger partial charge in [0.1, 0.15) is 12.4 Å². The van der Waals surface area contributed by atoms with Gasteiger partial charge in [-0.15, -0.1) is 0 Å². The third-order valence-electron chi connectivity index (χ3n) is 3.96. The van der Waals surface area contributed by atoms with Crippen LogP contribution in [-0.4, -0.2) is 23.7 Å². The van der Waals surface area contributed by atoms with Crippen molar-refractivity contribution in [2.75, 3.05) is 6.61 Å². The summed E-state index contributed by atoms with van der Waals surface area (Å²) >= 11 is 0. The first-order valence-corrected chi connectivity index (χ1v) is 7.40. The Morgan fingerprint density at radius 2 is 2.14 bits per heavy atom. The molecule has 2 aromatic rings. The number of carbonyl (C=O) groups is 1. The van der Waals surface area contributed by atoms with Gasteiger partial charge < -0.3 is 15.2 Å².